The van der Waals surface area contributed by atoms with E-state index in [0.29, 0.717) is 17.3 Å². The van der Waals surface area contributed by atoms with Crippen molar-refractivity contribution in [2.24, 2.45) is 0 Å². The summed E-state index contributed by atoms with van der Waals surface area (Å²) in [5, 5.41) is 9.90. The summed E-state index contributed by atoms with van der Waals surface area (Å²) < 4.78 is 33.3. The van der Waals surface area contributed by atoms with E-state index < -0.39 is 10.0 Å². The molecule has 140 valence electrons. The highest BCUT2D eigenvalue weighted by molar-refractivity contribution is 7.92. The molecule has 1 aromatic heterocycles. The molecular formula is C21H17N3O3S. The molecule has 0 aliphatic heterocycles. The lowest BCUT2D eigenvalue weighted by Gasteiger charge is -2.10. The summed E-state index contributed by atoms with van der Waals surface area (Å²) in [4.78, 5) is 0.209. The van der Waals surface area contributed by atoms with Gasteiger partial charge in [0, 0.05) is 17.3 Å². The van der Waals surface area contributed by atoms with Crippen LogP contribution in [0, 0.1) is 0 Å². The van der Waals surface area contributed by atoms with Crippen LogP contribution in [0.4, 0.5) is 5.69 Å². The third-order valence-corrected chi connectivity index (χ3v) is 5.67. The van der Waals surface area contributed by atoms with Crippen LogP contribution in [-0.4, -0.2) is 25.7 Å². The van der Waals surface area contributed by atoms with E-state index in [1.54, 1.807) is 48.5 Å². The minimum atomic E-state index is -3.72. The highest BCUT2D eigenvalue weighted by atomic mass is 32.2. The van der Waals surface area contributed by atoms with Gasteiger partial charge in [-0.15, -0.1) is 10.2 Å². The number of rotatable bonds is 5. The molecule has 0 aliphatic carbocycles. The number of hydrogen-bond acceptors (Lipinski definition) is 5. The zero-order valence-corrected chi connectivity index (χ0v) is 15.8. The number of nitrogens with one attached hydrogen (secondary N) is 1. The summed E-state index contributed by atoms with van der Waals surface area (Å²) in [5.41, 5.74) is 1.81. The summed E-state index contributed by atoms with van der Waals surface area (Å²) in [6, 6.07) is 23.2. The fourth-order valence-corrected chi connectivity index (χ4v) is 3.96. The van der Waals surface area contributed by atoms with Crippen molar-refractivity contribution >= 4 is 26.5 Å². The molecular weight excluding hydrogens is 374 g/mol. The number of methoxy groups -OCH3 is 1. The fraction of sp³-hybridized carbons (Fsp3) is 0.0476. The predicted molar refractivity (Wildman–Crippen MR) is 109 cm³/mol. The van der Waals surface area contributed by atoms with Crippen LogP contribution in [0.3, 0.4) is 0 Å². The third kappa shape index (κ3) is 3.65. The SMILES string of the molecule is COc1ccc(-c2cccc(NS(=O)(=O)c3ccc4ccccc4c3)c2)nn1. The first kappa shape index (κ1) is 17.9. The second kappa shape index (κ2) is 7.28. The lowest BCUT2D eigenvalue weighted by Crippen LogP contribution is -2.12. The molecule has 3 aromatic carbocycles. The maximum absolute atomic E-state index is 12.8. The minimum Gasteiger partial charge on any atom is -0.480 e. The lowest BCUT2D eigenvalue weighted by molar-refractivity contribution is 0.392. The van der Waals surface area contributed by atoms with Gasteiger partial charge in [0.1, 0.15) is 0 Å². The van der Waals surface area contributed by atoms with Gasteiger partial charge in [-0.2, -0.15) is 0 Å². The number of nitrogens with zero attached hydrogens (tertiary/aromatic N) is 2. The van der Waals surface area contributed by atoms with Crippen LogP contribution in [0.1, 0.15) is 0 Å². The molecule has 0 radical (unpaired) electrons. The van der Waals surface area contributed by atoms with Gasteiger partial charge in [-0.1, -0.05) is 42.5 Å². The average Bonchev–Trinajstić information content (AvgIpc) is 2.73. The Balaban J connectivity index is 1.63. The van der Waals surface area contributed by atoms with Crippen LogP contribution < -0.4 is 9.46 Å². The second-order valence-corrected chi connectivity index (χ2v) is 7.84. The van der Waals surface area contributed by atoms with Crippen molar-refractivity contribution in [3.05, 3.63) is 78.9 Å². The van der Waals surface area contributed by atoms with Crippen LogP contribution in [0.2, 0.25) is 0 Å². The van der Waals surface area contributed by atoms with Gasteiger partial charge in [0.2, 0.25) is 5.88 Å². The Morgan fingerprint density at radius 3 is 2.39 bits per heavy atom. The Hall–Kier alpha value is -3.45. The van der Waals surface area contributed by atoms with E-state index in [4.69, 9.17) is 4.74 Å². The van der Waals surface area contributed by atoms with Gasteiger partial charge in [0.05, 0.1) is 17.7 Å². The van der Waals surface area contributed by atoms with Gasteiger partial charge < -0.3 is 4.74 Å². The molecule has 1 heterocycles. The average molecular weight is 391 g/mol. The van der Waals surface area contributed by atoms with Crippen molar-refractivity contribution in [1.82, 2.24) is 10.2 Å². The summed E-state index contributed by atoms with van der Waals surface area (Å²) in [6.07, 6.45) is 0. The lowest BCUT2D eigenvalue weighted by atomic mass is 10.1. The molecule has 0 saturated heterocycles. The van der Waals surface area contributed by atoms with Gasteiger partial charge in [-0.25, -0.2) is 8.42 Å². The third-order valence-electron chi connectivity index (χ3n) is 4.29. The van der Waals surface area contributed by atoms with E-state index in [1.165, 1.54) is 7.11 Å². The van der Waals surface area contributed by atoms with Crippen molar-refractivity contribution < 1.29 is 13.2 Å². The van der Waals surface area contributed by atoms with Crippen molar-refractivity contribution in [2.45, 2.75) is 4.90 Å². The summed E-state index contributed by atoms with van der Waals surface area (Å²) in [5.74, 6) is 0.414. The summed E-state index contributed by atoms with van der Waals surface area (Å²) in [7, 11) is -2.20. The molecule has 0 aliphatic rings. The summed E-state index contributed by atoms with van der Waals surface area (Å²) in [6.45, 7) is 0. The number of benzene rings is 3. The molecule has 0 unspecified atom stereocenters. The van der Waals surface area contributed by atoms with Gasteiger partial charge in [-0.05, 0) is 41.1 Å². The number of hydrogen-bond donors (Lipinski definition) is 1. The minimum absolute atomic E-state index is 0.209. The first-order chi connectivity index (χ1) is 13.5. The molecule has 1 N–H and O–H groups in total. The monoisotopic (exact) mass is 391 g/mol. The van der Waals surface area contributed by atoms with E-state index in [0.717, 1.165) is 16.3 Å². The van der Waals surface area contributed by atoms with Crippen molar-refractivity contribution in [1.29, 1.82) is 0 Å². The molecule has 0 saturated carbocycles. The Labute approximate surface area is 162 Å². The highest BCUT2D eigenvalue weighted by Crippen LogP contribution is 2.25. The Morgan fingerprint density at radius 1 is 0.821 bits per heavy atom. The molecule has 0 bridgehead atoms. The van der Waals surface area contributed by atoms with Crippen LogP contribution in [0.25, 0.3) is 22.0 Å². The molecule has 6 nitrogen and oxygen atoms in total. The van der Waals surface area contributed by atoms with Gasteiger partial charge in [0.25, 0.3) is 10.0 Å². The number of aromatic nitrogens is 2. The second-order valence-electron chi connectivity index (χ2n) is 6.16. The number of anilines is 1. The predicted octanol–water partition coefficient (Wildman–Crippen LogP) is 4.11. The van der Waals surface area contributed by atoms with E-state index in [2.05, 4.69) is 14.9 Å². The first-order valence-electron chi connectivity index (χ1n) is 8.55. The van der Waals surface area contributed by atoms with E-state index in [-0.39, 0.29) is 4.90 Å². The number of sulfonamides is 1. The maximum atomic E-state index is 12.8. The summed E-state index contributed by atoms with van der Waals surface area (Å²) >= 11 is 0. The zero-order chi connectivity index (χ0) is 19.6. The molecule has 0 fully saturated rings. The van der Waals surface area contributed by atoms with Gasteiger partial charge in [0.15, 0.2) is 0 Å². The molecule has 4 rings (SSSR count). The maximum Gasteiger partial charge on any atom is 0.261 e. The normalized spacial score (nSPS) is 11.3. The van der Waals surface area contributed by atoms with Crippen LogP contribution in [0.5, 0.6) is 5.88 Å². The van der Waals surface area contributed by atoms with Gasteiger partial charge >= 0.3 is 0 Å². The number of ether oxygens (including phenoxy) is 1. The molecule has 7 heteroatoms. The van der Waals surface area contributed by atoms with Crippen LogP contribution >= 0.6 is 0 Å². The first-order valence-corrected chi connectivity index (χ1v) is 10.0. The zero-order valence-electron chi connectivity index (χ0n) is 15.0. The van der Waals surface area contributed by atoms with E-state index in [1.807, 2.05) is 30.3 Å². The largest absolute Gasteiger partial charge is 0.480 e. The fourth-order valence-electron chi connectivity index (χ4n) is 2.87. The molecule has 0 amide bonds. The smallest absolute Gasteiger partial charge is 0.261 e. The van der Waals surface area contributed by atoms with Crippen molar-refractivity contribution in [3.8, 4) is 17.1 Å². The topological polar surface area (TPSA) is 81.2 Å². The Morgan fingerprint density at radius 2 is 1.64 bits per heavy atom. The van der Waals surface area contributed by atoms with Gasteiger partial charge in [-0.3, -0.25) is 4.72 Å². The van der Waals surface area contributed by atoms with E-state index >= 15 is 0 Å². The number of fused-ring (bicyclic) bond motifs is 1. The Bertz CT molecular complexity index is 1240. The highest BCUT2D eigenvalue weighted by Gasteiger charge is 2.15. The van der Waals surface area contributed by atoms with Crippen molar-refractivity contribution in [3.63, 3.8) is 0 Å². The molecule has 0 atom stereocenters. The van der Waals surface area contributed by atoms with E-state index in [9.17, 15) is 8.42 Å². The van der Waals surface area contributed by atoms with Crippen LogP contribution in [0.15, 0.2) is 83.8 Å². The molecule has 4 aromatic rings. The quantitative estimate of drug-likeness (QED) is 0.554. The van der Waals surface area contributed by atoms with Crippen molar-refractivity contribution in [2.75, 3.05) is 11.8 Å². The Kier molecular flexibility index (Phi) is 4.67. The standard InChI is InChI=1S/C21H17N3O3S/c1-27-21-12-11-20(22-23-21)17-7-4-8-18(13-17)24-28(25,26)19-10-9-15-5-2-3-6-16(15)14-19/h2-14,24H,1H3. The molecule has 0 spiro atoms. The van der Waals surface area contributed by atoms with Crippen LogP contribution in [-0.2, 0) is 10.0 Å². The molecule has 28 heavy (non-hydrogen) atoms.